The van der Waals surface area contributed by atoms with Gasteiger partial charge in [0.1, 0.15) is 6.29 Å². The smallest absolute Gasteiger partial charge is 0.246 e. The molecule has 0 aromatic carbocycles. The van der Waals surface area contributed by atoms with E-state index in [-0.39, 0.29) is 30.7 Å². The van der Waals surface area contributed by atoms with Crippen molar-refractivity contribution in [1.82, 2.24) is 15.5 Å². The first-order valence-corrected chi connectivity index (χ1v) is 7.93. The Bertz CT molecular complexity index is 526. The Morgan fingerprint density at radius 2 is 1.88 bits per heavy atom. The van der Waals surface area contributed by atoms with E-state index in [1.54, 1.807) is 20.9 Å². The molecule has 0 radical (unpaired) electrons. The monoisotopic (exact) mass is 353 g/mol. The van der Waals surface area contributed by atoms with Gasteiger partial charge < -0.3 is 20.6 Å². The Balaban J connectivity index is 3.97. The van der Waals surface area contributed by atoms with Gasteiger partial charge in [-0.3, -0.25) is 19.2 Å². The van der Waals surface area contributed by atoms with Crippen LogP contribution in [0.15, 0.2) is 24.4 Å². The van der Waals surface area contributed by atoms with Gasteiger partial charge in [0.05, 0.1) is 0 Å². The normalized spacial score (nSPS) is 11.5. The topological polar surface area (TPSA) is 116 Å². The lowest BCUT2D eigenvalue weighted by molar-refractivity contribution is -0.125. The van der Waals surface area contributed by atoms with E-state index in [2.05, 4.69) is 10.6 Å². The Morgan fingerprint density at radius 3 is 2.48 bits per heavy atom. The van der Waals surface area contributed by atoms with Crippen LogP contribution < -0.4 is 10.6 Å². The summed E-state index contributed by atoms with van der Waals surface area (Å²) in [6, 6.07) is 0. The van der Waals surface area contributed by atoms with Crippen LogP contribution in [0.2, 0.25) is 0 Å². The highest BCUT2D eigenvalue weighted by atomic mass is 16.3. The molecule has 3 amide bonds. The van der Waals surface area contributed by atoms with Gasteiger partial charge in [0.25, 0.3) is 0 Å². The fourth-order valence-electron chi connectivity index (χ4n) is 1.70. The zero-order valence-corrected chi connectivity index (χ0v) is 14.9. The minimum atomic E-state index is -0.509. The zero-order chi connectivity index (χ0) is 19.3. The second kappa shape index (κ2) is 12.0. The van der Waals surface area contributed by atoms with E-state index in [4.69, 9.17) is 5.11 Å². The number of allylic oxidation sites excluding steroid dienone is 1. The molecular weight excluding hydrogens is 326 g/mol. The molecule has 140 valence electrons. The molecule has 8 heteroatoms. The van der Waals surface area contributed by atoms with E-state index in [1.807, 2.05) is 0 Å². The fourth-order valence-corrected chi connectivity index (χ4v) is 1.70. The maximum atomic E-state index is 11.6. The number of carbonyl (C=O) groups excluding carboxylic acids is 4. The summed E-state index contributed by atoms with van der Waals surface area (Å²) in [5, 5.41) is 14.2. The van der Waals surface area contributed by atoms with Crippen LogP contribution in [0, 0.1) is 5.41 Å². The Morgan fingerprint density at radius 1 is 1.20 bits per heavy atom. The molecule has 0 spiro atoms. The van der Waals surface area contributed by atoms with E-state index >= 15 is 0 Å². The van der Waals surface area contributed by atoms with Crippen LogP contribution in [-0.2, 0) is 19.2 Å². The van der Waals surface area contributed by atoms with E-state index in [9.17, 15) is 19.2 Å². The van der Waals surface area contributed by atoms with Gasteiger partial charge in [0, 0.05) is 51.5 Å². The molecule has 0 atom stereocenters. The van der Waals surface area contributed by atoms with Crippen molar-refractivity contribution in [2.75, 3.05) is 26.7 Å². The molecule has 0 aromatic rings. The minimum absolute atomic E-state index is 0.105. The SMILES string of the molecule is CN(CCCNC(=O)/C=C\NC(=O)CC(C)(C)CO)C(=O)/C=C\C=O. The predicted octanol–water partition coefficient (Wildman–Crippen LogP) is -0.255. The summed E-state index contributed by atoms with van der Waals surface area (Å²) in [4.78, 5) is 46.2. The predicted molar refractivity (Wildman–Crippen MR) is 93.2 cm³/mol. The van der Waals surface area contributed by atoms with Gasteiger partial charge >= 0.3 is 0 Å². The third-order valence-corrected chi connectivity index (χ3v) is 3.21. The number of rotatable bonds is 11. The van der Waals surface area contributed by atoms with Crippen molar-refractivity contribution >= 4 is 24.0 Å². The molecule has 0 saturated carbocycles. The molecule has 0 aromatic heterocycles. The fraction of sp³-hybridized carbons (Fsp3) is 0.529. The first-order valence-electron chi connectivity index (χ1n) is 7.93. The number of likely N-dealkylation sites (N-methyl/N-ethyl adjacent to an activating group) is 1. The lowest BCUT2D eigenvalue weighted by Gasteiger charge is -2.19. The van der Waals surface area contributed by atoms with Crippen molar-refractivity contribution < 1.29 is 24.3 Å². The van der Waals surface area contributed by atoms with Crippen molar-refractivity contribution in [3.05, 3.63) is 24.4 Å². The largest absolute Gasteiger partial charge is 0.396 e. The van der Waals surface area contributed by atoms with Crippen molar-refractivity contribution in [3.63, 3.8) is 0 Å². The number of carbonyl (C=O) groups is 4. The quantitative estimate of drug-likeness (QED) is 0.269. The number of nitrogens with one attached hydrogen (secondary N) is 2. The van der Waals surface area contributed by atoms with Gasteiger partial charge in [0.15, 0.2) is 0 Å². The van der Waals surface area contributed by atoms with Gasteiger partial charge in [-0.15, -0.1) is 0 Å². The third kappa shape index (κ3) is 11.7. The highest BCUT2D eigenvalue weighted by molar-refractivity contribution is 5.90. The van der Waals surface area contributed by atoms with Crippen LogP contribution in [0.3, 0.4) is 0 Å². The van der Waals surface area contributed by atoms with Gasteiger partial charge in [0.2, 0.25) is 17.7 Å². The van der Waals surface area contributed by atoms with E-state index in [1.165, 1.54) is 23.3 Å². The summed E-state index contributed by atoms with van der Waals surface area (Å²) < 4.78 is 0. The van der Waals surface area contributed by atoms with Gasteiger partial charge in [-0.2, -0.15) is 0 Å². The molecule has 0 heterocycles. The van der Waals surface area contributed by atoms with Crippen LogP contribution in [0.5, 0.6) is 0 Å². The van der Waals surface area contributed by atoms with E-state index in [0.29, 0.717) is 25.8 Å². The molecule has 8 nitrogen and oxygen atoms in total. The summed E-state index contributed by atoms with van der Waals surface area (Å²) in [6.07, 6.45) is 5.98. The number of aldehydes is 1. The van der Waals surface area contributed by atoms with E-state index < -0.39 is 5.41 Å². The zero-order valence-electron chi connectivity index (χ0n) is 14.9. The number of hydrogen-bond acceptors (Lipinski definition) is 5. The number of hydrogen-bond donors (Lipinski definition) is 3. The molecule has 0 bridgehead atoms. The molecule has 0 rings (SSSR count). The third-order valence-electron chi connectivity index (χ3n) is 3.21. The van der Waals surface area contributed by atoms with Crippen molar-refractivity contribution in [2.45, 2.75) is 26.7 Å². The van der Waals surface area contributed by atoms with Gasteiger partial charge in [-0.05, 0) is 17.9 Å². The van der Waals surface area contributed by atoms with Crippen molar-refractivity contribution in [3.8, 4) is 0 Å². The maximum absolute atomic E-state index is 11.6. The highest BCUT2D eigenvalue weighted by Crippen LogP contribution is 2.18. The van der Waals surface area contributed by atoms with Crippen LogP contribution in [-0.4, -0.2) is 60.8 Å². The first-order chi connectivity index (χ1) is 11.7. The standard InChI is InChI=1S/C17H27N3O5/c1-17(2,13-22)12-15(24)19-9-7-14(23)18-8-5-10-20(3)16(25)6-4-11-21/h4,6-7,9,11,22H,5,8,10,12-13H2,1-3H3,(H,18,23)(H,19,24)/b6-4-,9-7-. The first kappa shape index (κ1) is 22.5. The Kier molecular flexibility index (Phi) is 10.8. The van der Waals surface area contributed by atoms with E-state index in [0.717, 1.165) is 6.08 Å². The molecule has 0 aliphatic carbocycles. The summed E-state index contributed by atoms with van der Waals surface area (Å²) in [6.45, 7) is 4.22. The Hall–Kier alpha value is -2.48. The molecule has 0 fully saturated rings. The summed E-state index contributed by atoms with van der Waals surface area (Å²) in [7, 11) is 1.60. The average Bonchev–Trinajstić information content (AvgIpc) is 2.55. The summed E-state index contributed by atoms with van der Waals surface area (Å²) >= 11 is 0. The average molecular weight is 353 g/mol. The van der Waals surface area contributed by atoms with Crippen LogP contribution in [0.25, 0.3) is 0 Å². The van der Waals surface area contributed by atoms with Gasteiger partial charge in [-0.25, -0.2) is 0 Å². The summed E-state index contributed by atoms with van der Waals surface area (Å²) in [5.41, 5.74) is -0.509. The molecule has 25 heavy (non-hydrogen) atoms. The lowest BCUT2D eigenvalue weighted by atomic mass is 9.90. The molecular formula is C17H27N3O5. The van der Waals surface area contributed by atoms with Crippen molar-refractivity contribution in [2.24, 2.45) is 5.41 Å². The van der Waals surface area contributed by atoms with Gasteiger partial charge in [-0.1, -0.05) is 13.8 Å². The lowest BCUT2D eigenvalue weighted by Crippen LogP contribution is -2.30. The molecule has 0 unspecified atom stereocenters. The molecule has 0 aliphatic heterocycles. The Labute approximate surface area is 147 Å². The molecule has 0 saturated heterocycles. The second-order valence-corrected chi connectivity index (χ2v) is 6.30. The molecule has 3 N–H and O–H groups in total. The van der Waals surface area contributed by atoms with Crippen LogP contribution in [0.1, 0.15) is 26.7 Å². The van der Waals surface area contributed by atoms with Crippen molar-refractivity contribution in [1.29, 1.82) is 0 Å². The summed E-state index contributed by atoms with van der Waals surface area (Å²) in [5.74, 6) is -0.935. The maximum Gasteiger partial charge on any atom is 0.246 e. The van der Waals surface area contributed by atoms with Crippen LogP contribution in [0.4, 0.5) is 0 Å². The number of nitrogens with zero attached hydrogens (tertiary/aromatic N) is 1. The number of aliphatic hydroxyl groups excluding tert-OH is 1. The number of amides is 3. The highest BCUT2D eigenvalue weighted by Gasteiger charge is 2.20. The number of aliphatic hydroxyl groups is 1. The minimum Gasteiger partial charge on any atom is -0.396 e. The van der Waals surface area contributed by atoms with Crippen LogP contribution >= 0.6 is 0 Å². The second-order valence-electron chi connectivity index (χ2n) is 6.30. The molecule has 0 aliphatic rings.